The molecule has 26 heavy (non-hydrogen) atoms. The van der Waals surface area contributed by atoms with Gasteiger partial charge in [0.15, 0.2) is 5.78 Å². The van der Waals surface area contributed by atoms with E-state index >= 15 is 0 Å². The van der Waals surface area contributed by atoms with Gasteiger partial charge in [0, 0.05) is 41.6 Å². The number of carbonyl (C=O) groups is 1. The van der Waals surface area contributed by atoms with Crippen LogP contribution >= 0.6 is 11.6 Å². The average Bonchev–Trinajstić information content (AvgIpc) is 2.62. The van der Waals surface area contributed by atoms with E-state index in [0.717, 1.165) is 27.5 Å². The molecular formula is C21H25ClN2O2. The molecule has 0 amide bonds. The van der Waals surface area contributed by atoms with Gasteiger partial charge in [-0.05, 0) is 43.5 Å². The minimum absolute atomic E-state index is 0.189. The zero-order valence-corrected chi connectivity index (χ0v) is 16.7. The summed E-state index contributed by atoms with van der Waals surface area (Å²) < 4.78 is 0. The van der Waals surface area contributed by atoms with Gasteiger partial charge in [0.2, 0.25) is 0 Å². The minimum atomic E-state index is -0.334. The number of hydrogen-bond acceptors (Lipinski definition) is 3. The molecule has 0 aliphatic heterocycles. The van der Waals surface area contributed by atoms with Crippen LogP contribution in [-0.2, 0) is 6.42 Å². The van der Waals surface area contributed by atoms with Gasteiger partial charge < -0.3 is 9.88 Å². The lowest BCUT2D eigenvalue weighted by atomic mass is 9.89. The molecule has 0 atom stereocenters. The predicted molar refractivity (Wildman–Crippen MR) is 110 cm³/mol. The van der Waals surface area contributed by atoms with Gasteiger partial charge in [0.05, 0.1) is 5.56 Å². The van der Waals surface area contributed by atoms with Crippen LogP contribution in [0.25, 0.3) is 17.2 Å². The number of allylic oxidation sites excluding steroid dienone is 1. The molecule has 0 saturated heterocycles. The molecule has 0 unspecified atom stereocenters. The van der Waals surface area contributed by atoms with Gasteiger partial charge in [0.1, 0.15) is 0 Å². The summed E-state index contributed by atoms with van der Waals surface area (Å²) in [7, 11) is 3.93. The maximum absolute atomic E-state index is 12.4. The molecule has 1 N–H and O–H groups in total. The number of aromatic nitrogens is 1. The van der Waals surface area contributed by atoms with Crippen molar-refractivity contribution in [1.29, 1.82) is 0 Å². The molecule has 1 aromatic heterocycles. The van der Waals surface area contributed by atoms with Crippen molar-refractivity contribution in [3.8, 4) is 11.1 Å². The van der Waals surface area contributed by atoms with Crippen molar-refractivity contribution in [3.63, 3.8) is 0 Å². The highest BCUT2D eigenvalue weighted by atomic mass is 35.5. The number of carbonyl (C=O) groups excluding carboxylic acids is 1. The van der Waals surface area contributed by atoms with Crippen LogP contribution in [0, 0.1) is 0 Å². The Labute approximate surface area is 159 Å². The number of nitrogens with one attached hydrogen (secondary N) is 1. The van der Waals surface area contributed by atoms with Crippen molar-refractivity contribution in [2.45, 2.75) is 33.6 Å². The topological polar surface area (TPSA) is 53.2 Å². The first kappa shape index (κ1) is 20.0. The Kier molecular flexibility index (Phi) is 6.43. The van der Waals surface area contributed by atoms with E-state index in [9.17, 15) is 9.59 Å². The predicted octanol–water partition coefficient (Wildman–Crippen LogP) is 4.86. The Balaban J connectivity index is 0.00000117. The maximum atomic E-state index is 12.4. The van der Waals surface area contributed by atoms with Gasteiger partial charge in [-0.15, -0.1) is 0 Å². The third-order valence-electron chi connectivity index (χ3n) is 4.28. The highest BCUT2D eigenvalue weighted by Crippen LogP contribution is 2.35. The molecule has 0 fully saturated rings. The molecule has 138 valence electrons. The monoisotopic (exact) mass is 372 g/mol. The number of fused-ring (bicyclic) bond motifs is 1. The Hall–Kier alpha value is -2.33. The van der Waals surface area contributed by atoms with E-state index in [0.29, 0.717) is 18.4 Å². The summed E-state index contributed by atoms with van der Waals surface area (Å²) in [4.78, 5) is 29.4. The number of ketones is 1. The van der Waals surface area contributed by atoms with Crippen molar-refractivity contribution >= 4 is 29.1 Å². The van der Waals surface area contributed by atoms with E-state index in [2.05, 4.69) is 4.98 Å². The van der Waals surface area contributed by atoms with Gasteiger partial charge in [-0.1, -0.05) is 37.6 Å². The normalized spacial score (nSPS) is 12.5. The third-order valence-corrected chi connectivity index (χ3v) is 4.57. The van der Waals surface area contributed by atoms with Crippen LogP contribution in [0.5, 0.6) is 0 Å². The zero-order chi connectivity index (χ0) is 19.4. The summed E-state index contributed by atoms with van der Waals surface area (Å²) in [5, 5.41) is 0.732. The molecule has 1 aliphatic carbocycles. The largest absolute Gasteiger partial charge is 0.378 e. The molecule has 1 aliphatic rings. The lowest BCUT2D eigenvalue weighted by Gasteiger charge is -2.20. The molecule has 4 nitrogen and oxygen atoms in total. The van der Waals surface area contributed by atoms with E-state index in [4.69, 9.17) is 11.6 Å². The number of halogens is 1. The van der Waals surface area contributed by atoms with Crippen molar-refractivity contribution in [2.24, 2.45) is 0 Å². The molecule has 0 bridgehead atoms. The lowest BCUT2D eigenvalue weighted by Crippen LogP contribution is -2.22. The van der Waals surface area contributed by atoms with Gasteiger partial charge in [0.25, 0.3) is 5.56 Å². The number of aromatic amines is 1. The van der Waals surface area contributed by atoms with Crippen LogP contribution < -0.4 is 10.5 Å². The van der Waals surface area contributed by atoms with Crippen LogP contribution in [0.2, 0.25) is 0 Å². The fraction of sp³-hybridized carbons (Fsp3) is 0.333. The molecule has 1 aromatic carbocycles. The van der Waals surface area contributed by atoms with Crippen LogP contribution in [0.1, 0.15) is 48.8 Å². The van der Waals surface area contributed by atoms with Gasteiger partial charge in [-0.3, -0.25) is 9.59 Å². The SMILES string of the molecule is CC.CC(=O)c1c(-c2ccc(N(C)C)cc2)c2c([nH]c1=O)CCC(Cl)=C2. The third kappa shape index (κ3) is 3.91. The minimum Gasteiger partial charge on any atom is -0.378 e. The molecular weight excluding hydrogens is 348 g/mol. The van der Waals surface area contributed by atoms with E-state index < -0.39 is 0 Å². The van der Waals surface area contributed by atoms with Crippen molar-refractivity contribution in [2.75, 3.05) is 19.0 Å². The summed E-state index contributed by atoms with van der Waals surface area (Å²) in [6, 6.07) is 7.82. The number of pyridine rings is 1. The Morgan fingerprint density at radius 1 is 1.12 bits per heavy atom. The number of H-pyrrole nitrogens is 1. The number of nitrogens with zero attached hydrogens (tertiary/aromatic N) is 1. The Morgan fingerprint density at radius 3 is 2.27 bits per heavy atom. The van der Waals surface area contributed by atoms with E-state index in [1.165, 1.54) is 6.92 Å². The fourth-order valence-corrected chi connectivity index (χ4v) is 3.26. The van der Waals surface area contributed by atoms with Gasteiger partial charge in [-0.2, -0.15) is 0 Å². The molecule has 2 aromatic rings. The number of aryl methyl sites for hydroxylation is 1. The second-order valence-electron chi connectivity index (χ2n) is 6.19. The highest BCUT2D eigenvalue weighted by molar-refractivity contribution is 6.31. The quantitative estimate of drug-likeness (QED) is 0.782. The molecule has 5 heteroatoms. The summed E-state index contributed by atoms with van der Waals surface area (Å²) >= 11 is 6.22. The summed E-state index contributed by atoms with van der Waals surface area (Å²) in [5.74, 6) is -0.249. The van der Waals surface area contributed by atoms with Crippen LogP contribution in [0.4, 0.5) is 5.69 Å². The van der Waals surface area contributed by atoms with Gasteiger partial charge >= 0.3 is 0 Å². The summed E-state index contributed by atoms with van der Waals surface area (Å²) in [6.45, 7) is 5.42. The first-order valence-electron chi connectivity index (χ1n) is 8.82. The van der Waals surface area contributed by atoms with E-state index in [1.54, 1.807) is 0 Å². The Bertz CT molecular complexity index is 893. The number of hydrogen-bond donors (Lipinski definition) is 1. The molecule has 3 rings (SSSR count). The second-order valence-corrected chi connectivity index (χ2v) is 6.67. The highest BCUT2D eigenvalue weighted by Gasteiger charge is 2.23. The maximum Gasteiger partial charge on any atom is 0.259 e. The van der Waals surface area contributed by atoms with Gasteiger partial charge in [-0.25, -0.2) is 0 Å². The Morgan fingerprint density at radius 2 is 1.73 bits per heavy atom. The summed E-state index contributed by atoms with van der Waals surface area (Å²) in [5.41, 5.74) is 4.10. The molecule has 0 radical (unpaired) electrons. The zero-order valence-electron chi connectivity index (χ0n) is 15.9. The van der Waals surface area contributed by atoms with Crippen molar-refractivity contribution in [3.05, 3.63) is 56.5 Å². The fourth-order valence-electron chi connectivity index (χ4n) is 3.06. The van der Waals surface area contributed by atoms with Crippen LogP contribution in [0.3, 0.4) is 0 Å². The molecule has 0 spiro atoms. The first-order chi connectivity index (χ1) is 12.4. The smallest absolute Gasteiger partial charge is 0.259 e. The van der Waals surface area contributed by atoms with E-state index in [-0.39, 0.29) is 16.9 Å². The van der Waals surface area contributed by atoms with Crippen LogP contribution in [-0.4, -0.2) is 24.9 Å². The average molecular weight is 373 g/mol. The molecule has 1 heterocycles. The first-order valence-corrected chi connectivity index (χ1v) is 9.20. The summed E-state index contributed by atoms with van der Waals surface area (Å²) in [6.07, 6.45) is 3.22. The second kappa shape index (κ2) is 8.37. The number of Topliss-reactive ketones (excluding diaryl/α,β-unsaturated/α-hetero) is 1. The number of benzene rings is 1. The van der Waals surface area contributed by atoms with Crippen molar-refractivity contribution < 1.29 is 4.79 Å². The standard InChI is InChI=1S/C19H19ClN2O2.C2H6/c1-11(23)17-18(12-4-7-14(8-5-12)22(2)3)15-10-13(20)6-9-16(15)21-19(17)24;1-2/h4-5,7-8,10H,6,9H2,1-3H3,(H,21,24);1-2H3. The lowest BCUT2D eigenvalue weighted by molar-refractivity contribution is 0.101. The van der Waals surface area contributed by atoms with Crippen molar-refractivity contribution in [1.82, 2.24) is 4.98 Å². The van der Waals surface area contributed by atoms with Crippen LogP contribution in [0.15, 0.2) is 34.1 Å². The number of rotatable bonds is 3. The molecule has 0 saturated carbocycles. The number of anilines is 1. The van der Waals surface area contributed by atoms with E-state index in [1.807, 2.05) is 63.2 Å².